The lowest BCUT2D eigenvalue weighted by atomic mass is 10.00. The zero-order valence-corrected chi connectivity index (χ0v) is 29.1. The molecule has 2 amide bonds. The number of hydrogen-bond donors (Lipinski definition) is 1. The molecule has 0 aliphatic carbocycles. The Balaban J connectivity index is 1.30. The fourth-order valence-corrected chi connectivity index (χ4v) is 6.14. The predicted molar refractivity (Wildman–Crippen MR) is 186 cm³/mol. The highest BCUT2D eigenvalue weighted by atomic mass is 19.1. The fraction of sp³-hybridized carbons (Fsp3) is 0.316. The lowest BCUT2D eigenvalue weighted by Crippen LogP contribution is -2.42. The van der Waals surface area contributed by atoms with Crippen molar-refractivity contribution in [2.75, 3.05) is 6.54 Å². The molecule has 50 heavy (non-hydrogen) atoms. The minimum Gasteiger partial charge on any atom is -0.445 e. The summed E-state index contributed by atoms with van der Waals surface area (Å²) in [5.41, 5.74) is 4.24. The van der Waals surface area contributed by atoms with Crippen molar-refractivity contribution in [3.8, 4) is 17.2 Å². The molecule has 0 bridgehead atoms. The molecule has 11 nitrogen and oxygen atoms in total. The van der Waals surface area contributed by atoms with Crippen LogP contribution in [-0.2, 0) is 29.0 Å². The maximum atomic E-state index is 14.7. The zero-order valence-electron chi connectivity index (χ0n) is 29.1. The molecule has 0 saturated heterocycles. The highest BCUT2D eigenvalue weighted by molar-refractivity contribution is 5.70. The van der Waals surface area contributed by atoms with Gasteiger partial charge in [0.05, 0.1) is 23.1 Å². The van der Waals surface area contributed by atoms with Gasteiger partial charge in [0.1, 0.15) is 23.8 Å². The van der Waals surface area contributed by atoms with Crippen molar-refractivity contribution >= 4 is 12.2 Å². The van der Waals surface area contributed by atoms with Crippen LogP contribution in [0.2, 0.25) is 0 Å². The van der Waals surface area contributed by atoms with Crippen LogP contribution in [0, 0.1) is 19.7 Å². The number of nitrogens with zero attached hydrogens (tertiary/aromatic N) is 5. The molecular weight excluding hydrogens is 639 g/mol. The number of imidazole rings is 1. The molecule has 0 radical (unpaired) electrons. The highest BCUT2D eigenvalue weighted by Crippen LogP contribution is 2.36. The van der Waals surface area contributed by atoms with Crippen molar-refractivity contribution in [1.29, 1.82) is 0 Å². The van der Waals surface area contributed by atoms with Crippen LogP contribution < -0.4 is 11.0 Å². The van der Waals surface area contributed by atoms with Crippen molar-refractivity contribution in [2.45, 2.75) is 72.8 Å². The summed E-state index contributed by atoms with van der Waals surface area (Å²) in [7, 11) is 0. The Morgan fingerprint density at radius 1 is 0.940 bits per heavy atom. The zero-order chi connectivity index (χ0) is 35.7. The summed E-state index contributed by atoms with van der Waals surface area (Å²) in [4.78, 5) is 41.3. The van der Waals surface area contributed by atoms with E-state index in [-0.39, 0.29) is 24.7 Å². The summed E-state index contributed by atoms with van der Waals surface area (Å²) in [6.45, 7) is 11.5. The average molecular weight is 681 g/mol. The van der Waals surface area contributed by atoms with Crippen LogP contribution in [0.5, 0.6) is 0 Å². The lowest BCUT2D eigenvalue weighted by molar-refractivity contribution is 0.0159. The quantitative estimate of drug-likeness (QED) is 0.201. The minimum atomic E-state index is -0.682. The number of nitrogens with one attached hydrogen (secondary N) is 1. The summed E-state index contributed by atoms with van der Waals surface area (Å²) >= 11 is 0. The molecule has 3 heterocycles. The largest absolute Gasteiger partial charge is 0.445 e. The van der Waals surface area contributed by atoms with Gasteiger partial charge < -0.3 is 19.7 Å². The molecule has 0 unspecified atom stereocenters. The highest BCUT2D eigenvalue weighted by Gasteiger charge is 2.37. The van der Waals surface area contributed by atoms with Gasteiger partial charge in [0.25, 0.3) is 0 Å². The van der Waals surface area contributed by atoms with E-state index < -0.39 is 23.8 Å². The third kappa shape index (κ3) is 7.05. The average Bonchev–Trinajstić information content (AvgIpc) is 3.65. The molecule has 0 spiro atoms. The number of hydrogen-bond acceptors (Lipinski definition) is 6. The van der Waals surface area contributed by atoms with Crippen LogP contribution in [0.25, 0.3) is 17.2 Å². The number of ether oxygens (including phenoxy) is 2. The van der Waals surface area contributed by atoms with Crippen LogP contribution in [0.3, 0.4) is 0 Å². The molecule has 1 aliphatic rings. The number of benzene rings is 3. The van der Waals surface area contributed by atoms with E-state index in [1.165, 1.54) is 9.13 Å². The van der Waals surface area contributed by atoms with Gasteiger partial charge in [-0.15, -0.1) is 0 Å². The van der Waals surface area contributed by atoms with E-state index in [0.717, 1.165) is 16.8 Å². The van der Waals surface area contributed by atoms with Crippen molar-refractivity contribution < 1.29 is 23.5 Å². The molecule has 260 valence electrons. The number of aromatic nitrogens is 4. The van der Waals surface area contributed by atoms with Gasteiger partial charge in [-0.1, -0.05) is 42.5 Å². The second-order valence-corrected chi connectivity index (χ2v) is 13.5. The van der Waals surface area contributed by atoms with E-state index in [1.54, 1.807) is 60.1 Å². The van der Waals surface area contributed by atoms with Gasteiger partial charge in [0, 0.05) is 37.5 Å². The van der Waals surface area contributed by atoms with E-state index in [2.05, 4.69) is 5.32 Å². The molecule has 12 heteroatoms. The first-order valence-electron chi connectivity index (χ1n) is 16.5. The predicted octanol–water partition coefficient (Wildman–Crippen LogP) is 6.85. The van der Waals surface area contributed by atoms with Gasteiger partial charge in [-0.2, -0.15) is 5.10 Å². The van der Waals surface area contributed by atoms with Crippen LogP contribution in [0.4, 0.5) is 14.0 Å². The van der Waals surface area contributed by atoms with Crippen LogP contribution in [0.15, 0.2) is 83.9 Å². The summed E-state index contributed by atoms with van der Waals surface area (Å²) in [6, 6.07) is 19.6. The maximum absolute atomic E-state index is 14.7. The summed E-state index contributed by atoms with van der Waals surface area (Å²) in [6.07, 6.45) is 2.80. The molecule has 2 aromatic heterocycles. The molecule has 6 rings (SSSR count). The Kier molecular flexibility index (Phi) is 9.37. The number of fused-ring (bicyclic) bond motifs is 1. The van der Waals surface area contributed by atoms with Crippen molar-refractivity contribution in [1.82, 2.24) is 29.1 Å². The van der Waals surface area contributed by atoms with Crippen molar-refractivity contribution in [3.05, 3.63) is 129 Å². The Morgan fingerprint density at radius 3 is 2.26 bits per heavy atom. The van der Waals surface area contributed by atoms with E-state index in [1.807, 2.05) is 70.2 Å². The Bertz CT molecular complexity index is 2070. The number of carbonyl (C=O) groups is 2. The topological polar surface area (TPSA) is 113 Å². The molecule has 1 N–H and O–H groups in total. The molecule has 1 atom stereocenters. The van der Waals surface area contributed by atoms with Gasteiger partial charge >= 0.3 is 17.9 Å². The van der Waals surface area contributed by atoms with Crippen LogP contribution in [0.1, 0.15) is 67.2 Å². The van der Waals surface area contributed by atoms with Crippen LogP contribution >= 0.6 is 0 Å². The first kappa shape index (κ1) is 34.2. The third-order valence-electron chi connectivity index (χ3n) is 8.61. The van der Waals surface area contributed by atoms with Gasteiger partial charge in [-0.25, -0.2) is 23.5 Å². The number of rotatable bonds is 7. The number of aryl methyl sites for hydroxylation is 2. The summed E-state index contributed by atoms with van der Waals surface area (Å²) in [5.74, 6) is 0.160. The molecular formula is C38H41FN6O5. The lowest BCUT2D eigenvalue weighted by Gasteiger charge is -2.34. The van der Waals surface area contributed by atoms with Gasteiger partial charge in [0.2, 0.25) is 0 Å². The van der Waals surface area contributed by atoms with Crippen LogP contribution in [-0.4, -0.2) is 48.1 Å². The number of alkyl carbamates (subject to hydrolysis) is 1. The monoisotopic (exact) mass is 680 g/mol. The Labute approximate surface area is 289 Å². The van der Waals surface area contributed by atoms with E-state index in [4.69, 9.17) is 14.6 Å². The normalized spacial score (nSPS) is 14.3. The first-order chi connectivity index (χ1) is 23.8. The molecule has 0 saturated carbocycles. The molecule has 3 aromatic carbocycles. The first-order valence-corrected chi connectivity index (χ1v) is 16.5. The number of amides is 2. The van der Waals surface area contributed by atoms with Crippen molar-refractivity contribution in [3.63, 3.8) is 0 Å². The fourth-order valence-electron chi connectivity index (χ4n) is 6.14. The number of halogens is 1. The second kappa shape index (κ2) is 13.7. The second-order valence-electron chi connectivity index (χ2n) is 13.5. The SMILES string of the molecule is Cc1cc(-n2nc3c(c2-n2ccn(-c4ccc(CNC(=O)OCc5ccccc5)cc4)c2=O)[C@H](C)N(C(=O)OC(C)(C)C)CC3)cc(C)c1F. The molecule has 0 fully saturated rings. The molecule has 1 aliphatic heterocycles. The smallest absolute Gasteiger partial charge is 0.410 e. The van der Waals surface area contributed by atoms with E-state index in [9.17, 15) is 18.8 Å². The van der Waals surface area contributed by atoms with Crippen molar-refractivity contribution in [2.24, 2.45) is 0 Å². The van der Waals surface area contributed by atoms with Gasteiger partial charge in [0.15, 0.2) is 0 Å². The minimum absolute atomic E-state index is 0.172. The van der Waals surface area contributed by atoms with Gasteiger partial charge in [-0.05, 0) is 88.1 Å². The van der Waals surface area contributed by atoms with Gasteiger partial charge in [-0.3, -0.25) is 9.13 Å². The van der Waals surface area contributed by atoms with E-state index >= 15 is 0 Å². The summed E-state index contributed by atoms with van der Waals surface area (Å²) in [5, 5.41) is 7.68. The maximum Gasteiger partial charge on any atom is 0.410 e. The Morgan fingerprint density at radius 2 is 1.60 bits per heavy atom. The standard InChI is InChI=1S/C38H41FN6O5/c1-24-20-30(21-25(2)33(24)39)45-34(32-26(3)42(17-16-31(32)41-45)37(48)50-38(4,5)6)44-19-18-43(36(44)47)29-14-12-27(13-15-29)22-40-35(46)49-23-28-10-8-7-9-11-28/h7-15,18-21,26H,16-17,22-23H2,1-6H3,(H,40,46)/t26-/m0/s1. The molecule has 5 aromatic rings. The number of carbonyl (C=O) groups excluding carboxylic acids is 2. The Hall–Kier alpha value is -5.65. The third-order valence-corrected chi connectivity index (χ3v) is 8.61. The summed E-state index contributed by atoms with van der Waals surface area (Å²) < 4.78 is 30.4. The van der Waals surface area contributed by atoms with E-state index in [0.29, 0.717) is 46.8 Å².